The van der Waals surface area contributed by atoms with Crippen LogP contribution in [0.3, 0.4) is 0 Å². The van der Waals surface area contributed by atoms with Crippen LogP contribution in [0.1, 0.15) is 23.4 Å². The Morgan fingerprint density at radius 3 is 2.62 bits per heavy atom. The van der Waals surface area contributed by atoms with E-state index in [2.05, 4.69) is 4.98 Å². The van der Waals surface area contributed by atoms with Gasteiger partial charge in [0.05, 0.1) is 23.4 Å². The number of aliphatic carboxylic acids is 1. The van der Waals surface area contributed by atoms with Crippen molar-refractivity contribution < 1.29 is 18.7 Å². The summed E-state index contributed by atoms with van der Waals surface area (Å²) in [5, 5.41) is 8.57. The van der Waals surface area contributed by atoms with Crippen LogP contribution in [0.4, 0.5) is 14.5 Å². The smallest absolute Gasteiger partial charge is 0.309 e. The van der Waals surface area contributed by atoms with Gasteiger partial charge in [-0.05, 0) is 6.07 Å². The Hall–Kier alpha value is -1.76. The third-order valence-electron chi connectivity index (χ3n) is 1.97. The summed E-state index contributed by atoms with van der Waals surface area (Å²) in [5.41, 5.74) is 10.0. The van der Waals surface area contributed by atoms with Crippen LogP contribution in [0.5, 0.6) is 0 Å². The molecule has 7 heteroatoms. The zero-order valence-corrected chi connectivity index (χ0v) is 8.28. The number of carboxylic acid groups (broad SMARTS) is 1. The Morgan fingerprint density at radius 1 is 1.56 bits per heavy atom. The van der Waals surface area contributed by atoms with E-state index in [-0.39, 0.29) is 23.6 Å². The molecule has 88 valence electrons. The van der Waals surface area contributed by atoms with Gasteiger partial charge >= 0.3 is 5.97 Å². The Kier molecular flexibility index (Phi) is 3.73. The fourth-order valence-corrected chi connectivity index (χ4v) is 1.32. The van der Waals surface area contributed by atoms with E-state index in [0.29, 0.717) is 0 Å². The molecule has 0 spiro atoms. The molecule has 5 N–H and O–H groups in total. The monoisotopic (exact) mass is 231 g/mol. The number of pyridine rings is 1. The maximum absolute atomic E-state index is 12.6. The van der Waals surface area contributed by atoms with Crippen LogP contribution in [0.25, 0.3) is 0 Å². The normalized spacial score (nSPS) is 10.8. The molecule has 0 bridgehead atoms. The molecule has 5 nitrogen and oxygen atoms in total. The molecule has 0 unspecified atom stereocenters. The molecule has 16 heavy (non-hydrogen) atoms. The number of nitrogens with two attached hydrogens (primary N) is 2. The van der Waals surface area contributed by atoms with E-state index in [1.807, 2.05) is 0 Å². The van der Waals surface area contributed by atoms with E-state index in [1.165, 1.54) is 6.07 Å². The minimum atomic E-state index is -2.85. The summed E-state index contributed by atoms with van der Waals surface area (Å²) in [7, 11) is 0. The van der Waals surface area contributed by atoms with Crippen LogP contribution in [-0.4, -0.2) is 16.1 Å². The van der Waals surface area contributed by atoms with Crippen molar-refractivity contribution in [1.82, 2.24) is 4.98 Å². The van der Waals surface area contributed by atoms with Crippen molar-refractivity contribution in [2.45, 2.75) is 19.4 Å². The number of alkyl halides is 2. The number of hydrogen-bond donors (Lipinski definition) is 3. The summed E-state index contributed by atoms with van der Waals surface area (Å²) < 4.78 is 25.3. The predicted octanol–water partition coefficient (Wildman–Crippen LogP) is 0.687. The predicted molar refractivity (Wildman–Crippen MR) is 52.8 cm³/mol. The largest absolute Gasteiger partial charge is 0.481 e. The molecule has 0 aliphatic rings. The summed E-state index contributed by atoms with van der Waals surface area (Å²) in [4.78, 5) is 14.2. The second-order valence-corrected chi connectivity index (χ2v) is 3.14. The average Bonchev–Trinajstić information content (AvgIpc) is 2.14. The lowest BCUT2D eigenvalue weighted by molar-refractivity contribution is -0.136. The number of hydrogen-bond acceptors (Lipinski definition) is 4. The molecule has 1 rings (SSSR count). The van der Waals surface area contributed by atoms with Crippen LogP contribution in [0.2, 0.25) is 0 Å². The number of anilines is 1. The van der Waals surface area contributed by atoms with Crippen LogP contribution in [0, 0.1) is 0 Å². The van der Waals surface area contributed by atoms with Gasteiger partial charge in [-0.1, -0.05) is 0 Å². The van der Waals surface area contributed by atoms with Crippen molar-refractivity contribution in [3.05, 3.63) is 23.0 Å². The van der Waals surface area contributed by atoms with Crippen molar-refractivity contribution in [3.63, 3.8) is 0 Å². The van der Waals surface area contributed by atoms with Crippen molar-refractivity contribution in [3.8, 4) is 0 Å². The van der Waals surface area contributed by atoms with Gasteiger partial charge in [0.1, 0.15) is 0 Å². The van der Waals surface area contributed by atoms with E-state index in [4.69, 9.17) is 16.6 Å². The lowest BCUT2D eigenvalue weighted by Crippen LogP contribution is -2.12. The molecule has 0 fully saturated rings. The van der Waals surface area contributed by atoms with Gasteiger partial charge in [0, 0.05) is 12.2 Å². The molecule has 1 aromatic rings. The van der Waals surface area contributed by atoms with Crippen LogP contribution < -0.4 is 11.5 Å². The highest BCUT2D eigenvalue weighted by Gasteiger charge is 2.20. The average molecular weight is 231 g/mol. The quantitative estimate of drug-likeness (QED) is 0.707. The van der Waals surface area contributed by atoms with Gasteiger partial charge in [-0.3, -0.25) is 9.78 Å². The second-order valence-electron chi connectivity index (χ2n) is 3.14. The summed E-state index contributed by atoms with van der Waals surface area (Å²) >= 11 is 0. The molecule has 0 atom stereocenters. The number of aromatic nitrogens is 1. The molecule has 0 aromatic carbocycles. The van der Waals surface area contributed by atoms with Gasteiger partial charge < -0.3 is 16.6 Å². The molecule has 1 heterocycles. The van der Waals surface area contributed by atoms with Crippen LogP contribution in [-0.2, 0) is 17.8 Å². The van der Waals surface area contributed by atoms with Gasteiger partial charge in [0.25, 0.3) is 6.43 Å². The SMILES string of the molecule is NCc1cc(N)c(C(F)F)c(CC(=O)O)n1. The van der Waals surface area contributed by atoms with E-state index in [1.54, 1.807) is 0 Å². The fraction of sp³-hybridized carbons (Fsp3) is 0.333. The lowest BCUT2D eigenvalue weighted by atomic mass is 10.1. The summed E-state index contributed by atoms with van der Waals surface area (Å²) in [6.07, 6.45) is -3.45. The Morgan fingerprint density at radius 2 is 2.19 bits per heavy atom. The number of carbonyl (C=O) groups is 1. The van der Waals surface area contributed by atoms with Gasteiger partial charge in [0.2, 0.25) is 0 Å². The third kappa shape index (κ3) is 2.63. The highest BCUT2D eigenvalue weighted by molar-refractivity contribution is 5.71. The second kappa shape index (κ2) is 4.84. The summed E-state index contributed by atoms with van der Waals surface area (Å²) in [6.45, 7) is 0.0142. The minimum absolute atomic E-state index is 0.0142. The maximum Gasteiger partial charge on any atom is 0.309 e. The molecule has 0 aliphatic carbocycles. The molecular formula is C9H11F2N3O2. The van der Waals surface area contributed by atoms with Crippen LogP contribution >= 0.6 is 0 Å². The Balaban J connectivity index is 3.28. The number of rotatable bonds is 4. The first-order valence-electron chi connectivity index (χ1n) is 4.43. The van der Waals surface area contributed by atoms with Crippen LogP contribution in [0.15, 0.2) is 6.07 Å². The van der Waals surface area contributed by atoms with E-state index < -0.39 is 24.4 Å². The summed E-state index contributed by atoms with van der Waals surface area (Å²) in [6, 6.07) is 1.23. The highest BCUT2D eigenvalue weighted by atomic mass is 19.3. The van der Waals surface area contributed by atoms with Gasteiger partial charge in [-0.15, -0.1) is 0 Å². The van der Waals surface area contributed by atoms with E-state index in [9.17, 15) is 13.6 Å². The van der Waals surface area contributed by atoms with Gasteiger partial charge in [-0.2, -0.15) is 0 Å². The minimum Gasteiger partial charge on any atom is -0.481 e. The number of nitrogen functional groups attached to an aromatic ring is 1. The third-order valence-corrected chi connectivity index (χ3v) is 1.97. The Labute approximate surface area is 90.1 Å². The molecule has 1 aromatic heterocycles. The summed E-state index contributed by atoms with van der Waals surface area (Å²) in [5.74, 6) is -1.25. The van der Waals surface area contributed by atoms with Crippen molar-refractivity contribution in [1.29, 1.82) is 0 Å². The molecule has 0 radical (unpaired) electrons. The topological polar surface area (TPSA) is 102 Å². The van der Waals surface area contributed by atoms with Gasteiger partial charge in [0.15, 0.2) is 0 Å². The number of halogens is 2. The fourth-order valence-electron chi connectivity index (χ4n) is 1.32. The highest BCUT2D eigenvalue weighted by Crippen LogP contribution is 2.28. The lowest BCUT2D eigenvalue weighted by Gasteiger charge is -2.11. The van der Waals surface area contributed by atoms with Gasteiger partial charge in [-0.25, -0.2) is 8.78 Å². The van der Waals surface area contributed by atoms with E-state index in [0.717, 1.165) is 0 Å². The first-order chi connectivity index (χ1) is 7.45. The Bertz CT molecular complexity index is 410. The molecule has 0 aliphatic heterocycles. The van der Waals surface area contributed by atoms with Crippen molar-refractivity contribution >= 4 is 11.7 Å². The maximum atomic E-state index is 12.6. The van der Waals surface area contributed by atoms with Crippen molar-refractivity contribution in [2.75, 3.05) is 5.73 Å². The molecule has 0 amide bonds. The van der Waals surface area contributed by atoms with Crippen molar-refractivity contribution in [2.24, 2.45) is 5.73 Å². The number of carboxylic acids is 1. The molecule has 0 saturated carbocycles. The molecular weight excluding hydrogens is 220 g/mol. The first-order valence-corrected chi connectivity index (χ1v) is 4.43. The zero-order chi connectivity index (χ0) is 12.3. The standard InChI is InChI=1S/C9H11F2N3O2/c10-9(11)8-5(13)1-4(3-12)14-6(8)2-7(15)16/h1,9H,2-3,12H2,(H2,13,14)(H,15,16). The van der Waals surface area contributed by atoms with E-state index >= 15 is 0 Å². The molecule has 0 saturated heterocycles. The zero-order valence-electron chi connectivity index (χ0n) is 8.28. The first kappa shape index (κ1) is 12.3. The number of nitrogens with zero attached hydrogens (tertiary/aromatic N) is 1.